The third-order valence-corrected chi connectivity index (χ3v) is 5.90. The van der Waals surface area contributed by atoms with Crippen molar-refractivity contribution in [1.29, 1.82) is 0 Å². The predicted molar refractivity (Wildman–Crippen MR) is 77.4 cm³/mol. The molecule has 1 aromatic rings. The monoisotopic (exact) mass is 316 g/mol. The molecule has 2 rings (SSSR count). The zero-order chi connectivity index (χ0) is 15.9. The van der Waals surface area contributed by atoms with Crippen LogP contribution >= 0.6 is 0 Å². The molecule has 0 spiro atoms. The average molecular weight is 316 g/mol. The van der Waals surface area contributed by atoms with Crippen LogP contribution in [0.15, 0.2) is 20.7 Å². The highest BCUT2D eigenvalue weighted by molar-refractivity contribution is 7.89. The maximum absolute atomic E-state index is 12.7. The van der Waals surface area contributed by atoms with Crippen LogP contribution in [0.1, 0.15) is 13.3 Å². The van der Waals surface area contributed by atoms with Crippen LogP contribution in [-0.4, -0.2) is 41.0 Å². The van der Waals surface area contributed by atoms with Gasteiger partial charge in [0, 0.05) is 32.9 Å². The summed E-state index contributed by atoms with van der Waals surface area (Å²) >= 11 is 0. The van der Waals surface area contributed by atoms with Gasteiger partial charge in [0.15, 0.2) is 4.90 Å². The van der Waals surface area contributed by atoms with Gasteiger partial charge in [0.25, 0.3) is 5.56 Å². The van der Waals surface area contributed by atoms with E-state index in [1.165, 1.54) is 18.4 Å². The molecule has 9 heteroatoms. The van der Waals surface area contributed by atoms with Gasteiger partial charge in [-0.15, -0.1) is 0 Å². The fourth-order valence-corrected chi connectivity index (χ4v) is 4.56. The fraction of sp³-hybridized carbons (Fsp3) is 0.667. The summed E-state index contributed by atoms with van der Waals surface area (Å²) in [6.45, 7) is 2.49. The standard InChI is InChI=1S/C12H20N4O4S/c1-8-4-9(5-13)6-16(8)21(19,20)10-7-14(2)12(18)15(3)11(10)17/h7-9H,4-6,13H2,1-3H3. The van der Waals surface area contributed by atoms with Crippen LogP contribution in [-0.2, 0) is 24.1 Å². The number of nitrogens with zero attached hydrogens (tertiary/aromatic N) is 3. The van der Waals surface area contributed by atoms with Crippen molar-refractivity contribution in [3.05, 3.63) is 27.0 Å². The lowest BCUT2D eigenvalue weighted by Crippen LogP contribution is -2.43. The Morgan fingerprint density at radius 1 is 1.33 bits per heavy atom. The number of hydrogen-bond donors (Lipinski definition) is 1. The summed E-state index contributed by atoms with van der Waals surface area (Å²) in [6, 6.07) is -0.217. The van der Waals surface area contributed by atoms with Crippen molar-refractivity contribution in [2.24, 2.45) is 25.7 Å². The molecule has 8 nitrogen and oxygen atoms in total. The van der Waals surface area contributed by atoms with E-state index in [-0.39, 0.29) is 16.9 Å². The zero-order valence-corrected chi connectivity index (χ0v) is 13.1. The number of aromatic nitrogens is 2. The van der Waals surface area contributed by atoms with Crippen molar-refractivity contribution >= 4 is 10.0 Å². The normalized spacial score (nSPS) is 23.6. The third-order valence-electron chi connectivity index (χ3n) is 3.94. The van der Waals surface area contributed by atoms with Gasteiger partial charge in [0.05, 0.1) is 0 Å². The second-order valence-corrected chi connectivity index (χ2v) is 7.37. The van der Waals surface area contributed by atoms with E-state index < -0.39 is 21.3 Å². The molecule has 21 heavy (non-hydrogen) atoms. The number of hydrogen-bond acceptors (Lipinski definition) is 5. The van der Waals surface area contributed by atoms with Crippen LogP contribution in [0.3, 0.4) is 0 Å². The van der Waals surface area contributed by atoms with E-state index in [1.54, 1.807) is 6.92 Å². The van der Waals surface area contributed by atoms with Crippen molar-refractivity contribution in [1.82, 2.24) is 13.4 Å². The minimum Gasteiger partial charge on any atom is -0.330 e. The molecule has 1 fully saturated rings. The molecule has 0 bridgehead atoms. The van der Waals surface area contributed by atoms with Gasteiger partial charge in [0.2, 0.25) is 10.0 Å². The van der Waals surface area contributed by atoms with Gasteiger partial charge in [-0.2, -0.15) is 4.31 Å². The molecule has 2 N–H and O–H groups in total. The number of nitrogens with two attached hydrogens (primary N) is 1. The SMILES string of the molecule is CC1CC(CN)CN1S(=O)(=O)c1cn(C)c(=O)n(C)c1=O. The third kappa shape index (κ3) is 2.56. The molecule has 1 aromatic heterocycles. The highest BCUT2D eigenvalue weighted by Crippen LogP contribution is 2.27. The average Bonchev–Trinajstić information content (AvgIpc) is 2.82. The number of rotatable bonds is 3. The molecule has 1 saturated heterocycles. The van der Waals surface area contributed by atoms with Gasteiger partial charge >= 0.3 is 5.69 Å². The van der Waals surface area contributed by atoms with Crippen molar-refractivity contribution in [2.75, 3.05) is 13.1 Å². The van der Waals surface area contributed by atoms with Crippen molar-refractivity contribution < 1.29 is 8.42 Å². The van der Waals surface area contributed by atoms with Crippen molar-refractivity contribution in [3.8, 4) is 0 Å². The van der Waals surface area contributed by atoms with E-state index in [1.807, 2.05) is 0 Å². The first-order valence-electron chi connectivity index (χ1n) is 6.68. The molecule has 0 aromatic carbocycles. The van der Waals surface area contributed by atoms with Gasteiger partial charge in [-0.1, -0.05) is 0 Å². The summed E-state index contributed by atoms with van der Waals surface area (Å²) in [5.74, 6) is 0.0890. The van der Waals surface area contributed by atoms with Crippen molar-refractivity contribution in [3.63, 3.8) is 0 Å². The van der Waals surface area contributed by atoms with Crippen LogP contribution in [0.5, 0.6) is 0 Å². The molecule has 1 aliphatic rings. The Labute approximate surface area is 122 Å². The van der Waals surface area contributed by atoms with Crippen LogP contribution in [0.4, 0.5) is 0 Å². The van der Waals surface area contributed by atoms with E-state index in [0.717, 1.165) is 15.3 Å². The highest BCUT2D eigenvalue weighted by Gasteiger charge is 2.39. The van der Waals surface area contributed by atoms with Crippen LogP contribution in [0.2, 0.25) is 0 Å². The Morgan fingerprint density at radius 3 is 2.48 bits per heavy atom. The van der Waals surface area contributed by atoms with Crippen molar-refractivity contribution in [2.45, 2.75) is 24.3 Å². The molecule has 1 aliphatic heterocycles. The molecular formula is C12H20N4O4S. The van der Waals surface area contributed by atoms with Crippen LogP contribution < -0.4 is 17.0 Å². The van der Waals surface area contributed by atoms with Gasteiger partial charge in [-0.25, -0.2) is 13.2 Å². The summed E-state index contributed by atoms with van der Waals surface area (Å²) in [6.07, 6.45) is 1.75. The maximum atomic E-state index is 12.7. The molecule has 0 aliphatic carbocycles. The predicted octanol–water partition coefficient (Wildman–Crippen LogP) is -1.56. The minimum absolute atomic E-state index is 0.0890. The topological polar surface area (TPSA) is 107 Å². The quantitative estimate of drug-likeness (QED) is 0.726. The van der Waals surface area contributed by atoms with Gasteiger partial charge in [0.1, 0.15) is 0 Å². The minimum atomic E-state index is -3.94. The van der Waals surface area contributed by atoms with Crippen LogP contribution in [0.25, 0.3) is 0 Å². The molecule has 2 heterocycles. The first-order chi connectivity index (χ1) is 9.70. The van der Waals surface area contributed by atoms with E-state index in [0.29, 0.717) is 19.5 Å². The Balaban J connectivity index is 2.56. The zero-order valence-electron chi connectivity index (χ0n) is 12.3. The lowest BCUT2D eigenvalue weighted by Gasteiger charge is -2.21. The number of aryl methyl sites for hydroxylation is 1. The summed E-state index contributed by atoms with van der Waals surface area (Å²) in [5, 5.41) is 0. The molecule has 118 valence electrons. The van der Waals surface area contributed by atoms with Gasteiger partial charge in [-0.05, 0) is 25.8 Å². The van der Waals surface area contributed by atoms with Gasteiger partial charge in [-0.3, -0.25) is 9.36 Å². The van der Waals surface area contributed by atoms with E-state index in [4.69, 9.17) is 5.73 Å². The Morgan fingerprint density at radius 2 is 1.95 bits per heavy atom. The highest BCUT2D eigenvalue weighted by atomic mass is 32.2. The Bertz CT molecular complexity index is 764. The van der Waals surface area contributed by atoms with E-state index >= 15 is 0 Å². The molecule has 0 amide bonds. The first kappa shape index (κ1) is 15.9. The summed E-state index contributed by atoms with van der Waals surface area (Å²) < 4.78 is 28.6. The Kier molecular flexibility index (Phi) is 4.09. The summed E-state index contributed by atoms with van der Waals surface area (Å²) in [4.78, 5) is 23.4. The molecular weight excluding hydrogens is 296 g/mol. The number of sulfonamides is 1. The second-order valence-electron chi connectivity index (χ2n) is 5.51. The second kappa shape index (κ2) is 5.39. The van der Waals surface area contributed by atoms with E-state index in [9.17, 15) is 18.0 Å². The summed E-state index contributed by atoms with van der Waals surface area (Å²) in [5.41, 5.74) is 4.24. The maximum Gasteiger partial charge on any atom is 0.330 e. The first-order valence-corrected chi connectivity index (χ1v) is 8.12. The van der Waals surface area contributed by atoms with Crippen LogP contribution in [0, 0.1) is 5.92 Å². The lowest BCUT2D eigenvalue weighted by atomic mass is 10.1. The fourth-order valence-electron chi connectivity index (χ4n) is 2.69. The molecule has 2 atom stereocenters. The molecule has 2 unspecified atom stereocenters. The summed E-state index contributed by atoms with van der Waals surface area (Å²) in [7, 11) is -1.26. The smallest absolute Gasteiger partial charge is 0.330 e. The lowest BCUT2D eigenvalue weighted by molar-refractivity contribution is 0.402. The van der Waals surface area contributed by atoms with Gasteiger partial charge < -0.3 is 10.3 Å². The molecule has 0 saturated carbocycles. The Hall–Kier alpha value is -1.45. The van der Waals surface area contributed by atoms with E-state index in [2.05, 4.69) is 0 Å². The largest absolute Gasteiger partial charge is 0.330 e. The molecule has 0 radical (unpaired) electrons.